The molecule has 1 unspecified atom stereocenters. The average molecular weight is 113 g/mol. The predicted octanol–water partition coefficient (Wildman–Crippen LogP) is -0.906. The third-order valence-electron chi connectivity index (χ3n) is 0.854. The average Bonchev–Trinajstić information content (AvgIpc) is 1.64. The maximum atomic E-state index is 8.72. The van der Waals surface area contributed by atoms with Crippen LogP contribution in [0.4, 0.5) is 0 Å². The highest BCUT2D eigenvalue weighted by atomic mass is 16.3. The molecule has 44 valence electrons. The van der Waals surface area contributed by atoms with Crippen molar-refractivity contribution >= 4 is 12.2 Å². The monoisotopic (exact) mass is 113 g/mol. The second-order valence-corrected chi connectivity index (χ2v) is 1.57. The van der Waals surface area contributed by atoms with Crippen molar-refractivity contribution < 1.29 is 5.11 Å². The van der Waals surface area contributed by atoms with Crippen molar-refractivity contribution in [2.45, 2.75) is 12.6 Å². The summed E-state index contributed by atoms with van der Waals surface area (Å²) in [5.74, 6) is 0.438. The first-order chi connectivity index (χ1) is 3.79. The molecule has 4 nitrogen and oxygen atoms in total. The van der Waals surface area contributed by atoms with Crippen molar-refractivity contribution in [3.8, 4) is 0 Å². The minimum absolute atomic E-state index is 0.358. The van der Waals surface area contributed by atoms with Gasteiger partial charge in [0.2, 0.25) is 0 Å². The Balaban J connectivity index is 2.59. The molecule has 8 heavy (non-hydrogen) atoms. The molecule has 1 aliphatic heterocycles. The molecule has 0 saturated carbocycles. The highest BCUT2D eigenvalue weighted by Gasteiger charge is 2.05. The first-order valence-corrected chi connectivity index (χ1v) is 2.31. The van der Waals surface area contributed by atoms with E-state index in [1.165, 1.54) is 6.34 Å². The first kappa shape index (κ1) is 5.24. The largest absolute Gasteiger partial charge is 0.387 e. The Hall–Kier alpha value is -0.900. The minimum atomic E-state index is -0.674. The zero-order valence-electron chi connectivity index (χ0n) is 4.28. The van der Waals surface area contributed by atoms with Gasteiger partial charge in [-0.25, -0.2) is 9.98 Å². The number of amidine groups is 1. The van der Waals surface area contributed by atoms with Crippen LogP contribution in [-0.2, 0) is 0 Å². The lowest BCUT2D eigenvalue weighted by Gasteiger charge is -2.06. The summed E-state index contributed by atoms with van der Waals surface area (Å²) in [6, 6.07) is 0. The minimum Gasteiger partial charge on any atom is -0.387 e. The Morgan fingerprint density at radius 1 is 1.88 bits per heavy atom. The van der Waals surface area contributed by atoms with Crippen LogP contribution in [0.2, 0.25) is 0 Å². The smallest absolute Gasteiger partial charge is 0.153 e. The molecule has 4 heteroatoms. The number of aliphatic imine (C=N–C) groups is 2. The summed E-state index contributed by atoms with van der Waals surface area (Å²) in [6.45, 7) is 0. The second kappa shape index (κ2) is 1.92. The summed E-state index contributed by atoms with van der Waals surface area (Å²) in [5, 5.41) is 8.72. The van der Waals surface area contributed by atoms with E-state index < -0.39 is 6.23 Å². The summed E-state index contributed by atoms with van der Waals surface area (Å²) in [6.07, 6.45) is 0.951. The van der Waals surface area contributed by atoms with Gasteiger partial charge in [0.25, 0.3) is 0 Å². The molecule has 1 atom stereocenters. The fourth-order valence-electron chi connectivity index (χ4n) is 0.477. The van der Waals surface area contributed by atoms with Gasteiger partial charge in [-0.1, -0.05) is 0 Å². The van der Waals surface area contributed by atoms with Crippen molar-refractivity contribution in [3.05, 3.63) is 0 Å². The zero-order valence-corrected chi connectivity index (χ0v) is 4.28. The quantitative estimate of drug-likeness (QED) is 0.427. The number of aliphatic hydroxyl groups is 1. The van der Waals surface area contributed by atoms with Gasteiger partial charge in [0.1, 0.15) is 12.2 Å². The van der Waals surface area contributed by atoms with Gasteiger partial charge in [0.05, 0.1) is 6.42 Å². The lowest BCUT2D eigenvalue weighted by atomic mass is 10.3. The van der Waals surface area contributed by atoms with Gasteiger partial charge in [-0.05, 0) is 0 Å². The SMILES string of the molecule is NC1=NC=NC(O)C1. The second-order valence-electron chi connectivity index (χ2n) is 1.57. The molecule has 0 aromatic rings. The number of nitrogens with two attached hydrogens (primary N) is 1. The van der Waals surface area contributed by atoms with Crippen LogP contribution in [-0.4, -0.2) is 23.5 Å². The van der Waals surface area contributed by atoms with E-state index in [1.807, 2.05) is 0 Å². The van der Waals surface area contributed by atoms with E-state index >= 15 is 0 Å². The number of rotatable bonds is 0. The van der Waals surface area contributed by atoms with Crippen LogP contribution in [0.1, 0.15) is 6.42 Å². The fraction of sp³-hybridized carbons (Fsp3) is 0.500. The van der Waals surface area contributed by atoms with E-state index in [9.17, 15) is 0 Å². The third kappa shape index (κ3) is 1.04. The molecule has 1 heterocycles. The molecule has 0 bridgehead atoms. The zero-order chi connectivity index (χ0) is 5.98. The Labute approximate surface area is 46.8 Å². The van der Waals surface area contributed by atoms with Gasteiger partial charge in [-0.15, -0.1) is 0 Å². The maximum absolute atomic E-state index is 8.72. The number of nitrogens with zero attached hydrogens (tertiary/aromatic N) is 2. The molecule has 1 aliphatic rings. The van der Waals surface area contributed by atoms with Gasteiger partial charge in [-0.3, -0.25) is 0 Å². The third-order valence-corrected chi connectivity index (χ3v) is 0.854. The van der Waals surface area contributed by atoms with Gasteiger partial charge < -0.3 is 10.8 Å². The van der Waals surface area contributed by atoms with Crippen LogP contribution in [0.25, 0.3) is 0 Å². The number of hydrogen-bond donors (Lipinski definition) is 2. The van der Waals surface area contributed by atoms with Gasteiger partial charge in [0.15, 0.2) is 6.23 Å². The van der Waals surface area contributed by atoms with Gasteiger partial charge >= 0.3 is 0 Å². The number of hydrogen-bond acceptors (Lipinski definition) is 4. The number of aliphatic hydroxyl groups excluding tert-OH is 1. The molecule has 0 radical (unpaired) electrons. The molecule has 0 aromatic carbocycles. The first-order valence-electron chi connectivity index (χ1n) is 2.31. The molecule has 0 spiro atoms. The standard InChI is InChI=1S/C4H7N3O/c5-3-1-4(8)7-2-6-3/h2,4,8H,1H2,(H2,5,6,7). The molecular formula is C4H7N3O. The van der Waals surface area contributed by atoms with E-state index in [0.29, 0.717) is 12.3 Å². The van der Waals surface area contributed by atoms with Crippen molar-refractivity contribution in [3.63, 3.8) is 0 Å². The fourth-order valence-corrected chi connectivity index (χ4v) is 0.477. The normalized spacial score (nSPS) is 27.6. The molecule has 0 saturated heterocycles. The Morgan fingerprint density at radius 3 is 3.00 bits per heavy atom. The van der Waals surface area contributed by atoms with Crippen LogP contribution < -0.4 is 5.73 Å². The molecular weight excluding hydrogens is 106 g/mol. The van der Waals surface area contributed by atoms with Gasteiger partial charge in [-0.2, -0.15) is 0 Å². The summed E-state index contributed by atoms with van der Waals surface area (Å²) >= 11 is 0. The van der Waals surface area contributed by atoms with Crippen molar-refractivity contribution in [2.75, 3.05) is 0 Å². The van der Waals surface area contributed by atoms with E-state index in [-0.39, 0.29) is 0 Å². The van der Waals surface area contributed by atoms with Crippen molar-refractivity contribution in [1.82, 2.24) is 0 Å². The predicted molar refractivity (Wildman–Crippen MR) is 30.7 cm³/mol. The van der Waals surface area contributed by atoms with E-state index in [2.05, 4.69) is 9.98 Å². The van der Waals surface area contributed by atoms with E-state index in [4.69, 9.17) is 10.8 Å². The Bertz CT molecular complexity index is 140. The molecule has 3 N–H and O–H groups in total. The summed E-state index contributed by atoms with van der Waals surface area (Å²) in [5.41, 5.74) is 5.22. The van der Waals surface area contributed by atoms with Crippen LogP contribution in [0, 0.1) is 0 Å². The van der Waals surface area contributed by atoms with Gasteiger partial charge in [0, 0.05) is 0 Å². The van der Waals surface area contributed by atoms with Crippen LogP contribution in [0.5, 0.6) is 0 Å². The molecule has 0 amide bonds. The lowest BCUT2D eigenvalue weighted by Crippen LogP contribution is -2.22. The highest BCUT2D eigenvalue weighted by Crippen LogP contribution is 1.96. The van der Waals surface area contributed by atoms with E-state index in [0.717, 1.165) is 0 Å². The van der Waals surface area contributed by atoms with Crippen LogP contribution in [0.15, 0.2) is 9.98 Å². The Kier molecular flexibility index (Phi) is 1.26. The highest BCUT2D eigenvalue weighted by molar-refractivity contribution is 5.89. The summed E-state index contributed by atoms with van der Waals surface area (Å²) < 4.78 is 0. The van der Waals surface area contributed by atoms with Crippen molar-refractivity contribution in [2.24, 2.45) is 15.7 Å². The molecule has 1 rings (SSSR count). The van der Waals surface area contributed by atoms with Crippen LogP contribution >= 0.6 is 0 Å². The van der Waals surface area contributed by atoms with Crippen LogP contribution in [0.3, 0.4) is 0 Å². The molecule has 0 aromatic heterocycles. The summed E-state index contributed by atoms with van der Waals surface area (Å²) in [4.78, 5) is 7.17. The molecule has 0 fully saturated rings. The lowest BCUT2D eigenvalue weighted by molar-refractivity contribution is 0.192. The molecule has 0 aliphatic carbocycles. The maximum Gasteiger partial charge on any atom is 0.153 e. The Morgan fingerprint density at radius 2 is 2.62 bits per heavy atom. The summed E-state index contributed by atoms with van der Waals surface area (Å²) in [7, 11) is 0. The van der Waals surface area contributed by atoms with Crippen molar-refractivity contribution in [1.29, 1.82) is 0 Å². The van der Waals surface area contributed by atoms with E-state index in [1.54, 1.807) is 0 Å². The topological polar surface area (TPSA) is 71.0 Å².